The van der Waals surface area contributed by atoms with Crippen molar-refractivity contribution < 1.29 is 13.9 Å². The molecular formula is C18H22F2N4O. The van der Waals surface area contributed by atoms with E-state index in [1.165, 1.54) is 29.0 Å². The summed E-state index contributed by atoms with van der Waals surface area (Å²) in [5.41, 5.74) is -0.218. The van der Waals surface area contributed by atoms with Gasteiger partial charge in [0, 0.05) is 30.8 Å². The predicted molar refractivity (Wildman–Crippen MR) is 89.7 cm³/mol. The van der Waals surface area contributed by atoms with Crippen molar-refractivity contribution in [2.45, 2.75) is 38.5 Å². The standard InChI is InChI=1S/C18H22F2N4O/c1-13-5-7-23(8-6-13)14(2)18(25,10-24-12-21-11-22-24)16-4-3-15(19)9-17(16)20/h3-5,9,11-12,14,25H,6-8,10H2,1-2H3/t14?,18-/m1/s1. The third-order valence-corrected chi connectivity index (χ3v) is 4.97. The molecule has 0 saturated carbocycles. The van der Waals surface area contributed by atoms with Gasteiger partial charge in [0.1, 0.15) is 29.9 Å². The maximum absolute atomic E-state index is 14.5. The fourth-order valence-electron chi connectivity index (χ4n) is 3.28. The first-order valence-electron chi connectivity index (χ1n) is 8.30. The van der Waals surface area contributed by atoms with Crippen LogP contribution in [0, 0.1) is 11.6 Å². The van der Waals surface area contributed by atoms with Gasteiger partial charge in [-0.25, -0.2) is 18.4 Å². The summed E-state index contributed by atoms with van der Waals surface area (Å²) in [4.78, 5) is 5.97. The van der Waals surface area contributed by atoms with Crippen molar-refractivity contribution in [3.05, 3.63) is 59.7 Å². The lowest BCUT2D eigenvalue weighted by atomic mass is 9.85. The van der Waals surface area contributed by atoms with Gasteiger partial charge in [0.05, 0.1) is 6.54 Å². The Morgan fingerprint density at radius 3 is 2.76 bits per heavy atom. The zero-order valence-corrected chi connectivity index (χ0v) is 14.4. The summed E-state index contributed by atoms with van der Waals surface area (Å²) < 4.78 is 29.3. The third-order valence-electron chi connectivity index (χ3n) is 4.97. The molecule has 0 saturated heterocycles. The summed E-state index contributed by atoms with van der Waals surface area (Å²) in [7, 11) is 0. The minimum absolute atomic E-state index is 0.0237. The van der Waals surface area contributed by atoms with Gasteiger partial charge in [0.2, 0.25) is 0 Å². The molecule has 134 valence electrons. The van der Waals surface area contributed by atoms with Crippen molar-refractivity contribution in [3.8, 4) is 0 Å². The van der Waals surface area contributed by atoms with Gasteiger partial charge in [-0.3, -0.25) is 4.90 Å². The molecule has 5 nitrogen and oxygen atoms in total. The molecule has 0 radical (unpaired) electrons. The molecule has 1 N–H and O–H groups in total. The summed E-state index contributed by atoms with van der Waals surface area (Å²) in [6.45, 7) is 5.40. The minimum Gasteiger partial charge on any atom is -0.381 e. The first kappa shape index (κ1) is 17.7. The molecule has 1 aromatic carbocycles. The quantitative estimate of drug-likeness (QED) is 0.844. The summed E-state index contributed by atoms with van der Waals surface area (Å²) >= 11 is 0. The molecule has 0 aliphatic carbocycles. The van der Waals surface area contributed by atoms with Gasteiger partial charge in [-0.2, -0.15) is 5.10 Å². The number of halogens is 2. The molecular weight excluding hydrogens is 326 g/mol. The monoisotopic (exact) mass is 348 g/mol. The van der Waals surface area contributed by atoms with Crippen LogP contribution in [0.4, 0.5) is 8.78 Å². The maximum atomic E-state index is 14.5. The van der Waals surface area contributed by atoms with Crippen molar-refractivity contribution in [2.75, 3.05) is 13.1 Å². The van der Waals surface area contributed by atoms with Gasteiger partial charge in [0.25, 0.3) is 0 Å². The lowest BCUT2D eigenvalue weighted by molar-refractivity contribution is -0.0618. The van der Waals surface area contributed by atoms with Crippen LogP contribution >= 0.6 is 0 Å². The fourth-order valence-corrected chi connectivity index (χ4v) is 3.28. The lowest BCUT2D eigenvalue weighted by Crippen LogP contribution is -2.53. The van der Waals surface area contributed by atoms with Crippen LogP contribution in [-0.2, 0) is 12.1 Å². The Balaban J connectivity index is 1.99. The van der Waals surface area contributed by atoms with Gasteiger partial charge >= 0.3 is 0 Å². The van der Waals surface area contributed by atoms with Crippen LogP contribution in [0.2, 0.25) is 0 Å². The molecule has 3 rings (SSSR count). The highest BCUT2D eigenvalue weighted by Crippen LogP contribution is 2.33. The summed E-state index contributed by atoms with van der Waals surface area (Å²) in [6.07, 6.45) is 5.84. The topological polar surface area (TPSA) is 54.2 Å². The third kappa shape index (κ3) is 3.62. The van der Waals surface area contributed by atoms with Gasteiger partial charge < -0.3 is 5.11 Å². The molecule has 25 heavy (non-hydrogen) atoms. The number of hydrogen-bond acceptors (Lipinski definition) is 4. The SMILES string of the molecule is CC1=CCN(C(C)[C@](O)(Cn2cncn2)c2ccc(F)cc2F)CC1. The average Bonchev–Trinajstić information content (AvgIpc) is 3.07. The van der Waals surface area contributed by atoms with E-state index in [1.54, 1.807) is 0 Å². The predicted octanol–water partition coefficient (Wildman–Crippen LogP) is 2.48. The van der Waals surface area contributed by atoms with E-state index in [1.807, 2.05) is 6.92 Å². The number of hydrogen-bond donors (Lipinski definition) is 1. The van der Waals surface area contributed by atoms with Crippen molar-refractivity contribution in [1.29, 1.82) is 0 Å². The molecule has 2 heterocycles. The second-order valence-electron chi connectivity index (χ2n) is 6.61. The Hall–Kier alpha value is -2.12. The first-order chi connectivity index (χ1) is 11.9. The Labute approximate surface area is 145 Å². The highest BCUT2D eigenvalue weighted by Gasteiger charge is 2.42. The van der Waals surface area contributed by atoms with E-state index in [0.717, 1.165) is 25.1 Å². The highest BCUT2D eigenvalue weighted by molar-refractivity contribution is 5.27. The molecule has 2 aromatic rings. The normalized spacial score (nSPS) is 19.3. The van der Waals surface area contributed by atoms with Gasteiger partial charge in [0.15, 0.2) is 0 Å². The summed E-state index contributed by atoms with van der Waals surface area (Å²) in [5, 5.41) is 15.5. The van der Waals surface area contributed by atoms with E-state index in [2.05, 4.69) is 28.0 Å². The molecule has 0 spiro atoms. The average molecular weight is 348 g/mol. The number of aromatic nitrogens is 3. The van der Waals surface area contributed by atoms with Gasteiger partial charge in [-0.1, -0.05) is 17.7 Å². The molecule has 0 amide bonds. The van der Waals surface area contributed by atoms with Crippen LogP contribution in [0.1, 0.15) is 25.8 Å². The second kappa shape index (κ2) is 7.01. The van der Waals surface area contributed by atoms with E-state index in [9.17, 15) is 13.9 Å². The largest absolute Gasteiger partial charge is 0.381 e. The number of benzene rings is 1. The second-order valence-corrected chi connectivity index (χ2v) is 6.61. The highest BCUT2D eigenvalue weighted by atomic mass is 19.1. The van der Waals surface area contributed by atoms with Crippen molar-refractivity contribution >= 4 is 0 Å². The van der Waals surface area contributed by atoms with E-state index in [4.69, 9.17) is 0 Å². The van der Waals surface area contributed by atoms with Crippen molar-refractivity contribution in [3.63, 3.8) is 0 Å². The minimum atomic E-state index is -1.58. The van der Waals surface area contributed by atoms with Gasteiger partial charge in [-0.15, -0.1) is 0 Å². The Kier molecular flexibility index (Phi) is 4.96. The molecule has 1 aliphatic rings. The lowest BCUT2D eigenvalue weighted by Gasteiger charge is -2.42. The van der Waals surface area contributed by atoms with Crippen molar-refractivity contribution in [1.82, 2.24) is 19.7 Å². The van der Waals surface area contributed by atoms with E-state index >= 15 is 0 Å². The van der Waals surface area contributed by atoms with Crippen molar-refractivity contribution in [2.24, 2.45) is 0 Å². The van der Waals surface area contributed by atoms with Crippen LogP contribution in [0.3, 0.4) is 0 Å². The van der Waals surface area contributed by atoms with E-state index in [-0.39, 0.29) is 12.1 Å². The zero-order chi connectivity index (χ0) is 18.0. The van der Waals surface area contributed by atoms with Crippen LogP contribution in [0.5, 0.6) is 0 Å². The molecule has 0 fully saturated rings. The van der Waals surface area contributed by atoms with Crippen LogP contribution in [0.15, 0.2) is 42.5 Å². The number of aliphatic hydroxyl groups is 1. The maximum Gasteiger partial charge on any atom is 0.137 e. The Bertz CT molecular complexity index is 762. The van der Waals surface area contributed by atoms with E-state index in [0.29, 0.717) is 6.54 Å². The van der Waals surface area contributed by atoms with Crippen LogP contribution in [0.25, 0.3) is 0 Å². The Morgan fingerprint density at radius 2 is 2.16 bits per heavy atom. The molecule has 7 heteroatoms. The molecule has 1 unspecified atom stereocenters. The fraction of sp³-hybridized carbons (Fsp3) is 0.444. The van der Waals surface area contributed by atoms with Crippen LogP contribution < -0.4 is 0 Å². The summed E-state index contributed by atoms with van der Waals surface area (Å²) in [6, 6.07) is 2.87. The molecule has 1 aliphatic heterocycles. The number of rotatable bonds is 5. The number of nitrogens with zero attached hydrogens (tertiary/aromatic N) is 4. The van der Waals surface area contributed by atoms with Gasteiger partial charge in [-0.05, 0) is 26.3 Å². The zero-order valence-electron chi connectivity index (χ0n) is 14.4. The summed E-state index contributed by atoms with van der Waals surface area (Å²) in [5.74, 6) is -1.44. The Morgan fingerprint density at radius 1 is 1.36 bits per heavy atom. The molecule has 0 bridgehead atoms. The first-order valence-corrected chi connectivity index (χ1v) is 8.30. The van der Waals surface area contributed by atoms with E-state index < -0.39 is 23.3 Å². The molecule has 2 atom stereocenters. The molecule has 1 aromatic heterocycles. The smallest absolute Gasteiger partial charge is 0.137 e. The van der Waals surface area contributed by atoms with Crippen LogP contribution in [-0.4, -0.2) is 43.9 Å².